The molecule has 0 saturated carbocycles. The number of benzene rings is 1. The average molecular weight is 257 g/mol. The highest BCUT2D eigenvalue weighted by Crippen LogP contribution is 2.40. The van der Waals surface area contributed by atoms with Crippen molar-refractivity contribution in [3.05, 3.63) is 21.7 Å². The highest BCUT2D eigenvalue weighted by molar-refractivity contribution is 9.10. The maximum Gasteiger partial charge on any atom is 0.172 e. The molecule has 0 aromatic heterocycles. The topological polar surface area (TPSA) is 40.5 Å². The van der Waals surface area contributed by atoms with Gasteiger partial charge < -0.3 is 10.2 Å². The molecule has 0 amide bonds. The molecular formula is C11H13BrO2. The number of phenols is 2. The molecule has 0 fully saturated rings. The van der Waals surface area contributed by atoms with E-state index in [-0.39, 0.29) is 11.5 Å². The van der Waals surface area contributed by atoms with Crippen LogP contribution in [0.25, 0.3) is 0 Å². The van der Waals surface area contributed by atoms with E-state index >= 15 is 0 Å². The summed E-state index contributed by atoms with van der Waals surface area (Å²) in [5.74, 6) is -0.0387. The first kappa shape index (κ1) is 9.84. The third-order valence-corrected chi connectivity index (χ3v) is 3.64. The van der Waals surface area contributed by atoms with Crippen molar-refractivity contribution in [2.75, 3.05) is 0 Å². The van der Waals surface area contributed by atoms with Crippen molar-refractivity contribution >= 4 is 15.9 Å². The minimum atomic E-state index is -0.0225. The van der Waals surface area contributed by atoms with Gasteiger partial charge in [0.1, 0.15) is 0 Å². The molecule has 0 spiro atoms. The normalized spacial score (nSPS) is 16.1. The second-order valence-corrected chi connectivity index (χ2v) is 4.55. The largest absolute Gasteiger partial charge is 0.504 e. The Kier molecular flexibility index (Phi) is 2.68. The zero-order valence-electron chi connectivity index (χ0n) is 7.89. The van der Waals surface area contributed by atoms with E-state index in [1.807, 2.05) is 0 Å². The number of rotatable bonds is 0. The maximum atomic E-state index is 9.56. The molecule has 0 heterocycles. The summed E-state index contributed by atoms with van der Waals surface area (Å²) in [6.45, 7) is 0. The van der Waals surface area contributed by atoms with E-state index in [1.54, 1.807) is 6.07 Å². The fraction of sp³-hybridized carbons (Fsp3) is 0.455. The molecule has 2 N–H and O–H groups in total. The molecule has 0 unspecified atom stereocenters. The Morgan fingerprint density at radius 3 is 2.57 bits per heavy atom. The zero-order valence-corrected chi connectivity index (χ0v) is 9.47. The second-order valence-electron chi connectivity index (χ2n) is 3.76. The monoisotopic (exact) mass is 256 g/mol. The quantitative estimate of drug-likeness (QED) is 0.553. The molecule has 1 aliphatic rings. The van der Waals surface area contributed by atoms with Gasteiger partial charge in [0.15, 0.2) is 11.5 Å². The maximum absolute atomic E-state index is 9.56. The SMILES string of the molecule is Oc1cc2c(c(Br)c1O)CCCCC2. The molecule has 2 nitrogen and oxygen atoms in total. The summed E-state index contributed by atoms with van der Waals surface area (Å²) < 4.78 is 0.675. The molecule has 1 aromatic carbocycles. The van der Waals surface area contributed by atoms with Crippen LogP contribution in [0.1, 0.15) is 30.4 Å². The Morgan fingerprint density at radius 2 is 1.79 bits per heavy atom. The fourth-order valence-electron chi connectivity index (χ4n) is 2.00. The molecule has 0 radical (unpaired) electrons. The van der Waals surface area contributed by atoms with Crippen LogP contribution in [0.4, 0.5) is 0 Å². The summed E-state index contributed by atoms with van der Waals surface area (Å²) in [4.78, 5) is 0. The molecule has 0 aliphatic heterocycles. The zero-order chi connectivity index (χ0) is 10.1. The molecule has 1 aromatic rings. The number of aryl methyl sites for hydroxylation is 1. The van der Waals surface area contributed by atoms with Crippen LogP contribution in [0.5, 0.6) is 11.5 Å². The molecule has 14 heavy (non-hydrogen) atoms. The van der Waals surface area contributed by atoms with E-state index in [1.165, 1.54) is 18.4 Å². The number of hydrogen-bond donors (Lipinski definition) is 2. The highest BCUT2D eigenvalue weighted by atomic mass is 79.9. The van der Waals surface area contributed by atoms with E-state index in [2.05, 4.69) is 15.9 Å². The first-order valence-electron chi connectivity index (χ1n) is 4.92. The second kappa shape index (κ2) is 3.81. The summed E-state index contributed by atoms with van der Waals surface area (Å²) in [6, 6.07) is 1.70. The summed E-state index contributed by atoms with van der Waals surface area (Å²) >= 11 is 3.34. The Labute approximate surface area is 91.7 Å². The molecule has 3 heteroatoms. The van der Waals surface area contributed by atoms with Crippen LogP contribution in [0.15, 0.2) is 10.5 Å². The molecule has 0 bridgehead atoms. The summed E-state index contributed by atoms with van der Waals surface area (Å²) in [6.07, 6.45) is 5.55. The smallest absolute Gasteiger partial charge is 0.172 e. The Bertz CT molecular complexity index is 361. The van der Waals surface area contributed by atoms with E-state index in [0.29, 0.717) is 4.47 Å². The van der Waals surface area contributed by atoms with Gasteiger partial charge in [0.05, 0.1) is 4.47 Å². The summed E-state index contributed by atoms with van der Waals surface area (Å²) in [5.41, 5.74) is 2.34. The molecule has 0 atom stereocenters. The summed E-state index contributed by atoms with van der Waals surface area (Å²) in [7, 11) is 0. The molecule has 1 aliphatic carbocycles. The van der Waals surface area contributed by atoms with Crippen LogP contribution in [0.3, 0.4) is 0 Å². The van der Waals surface area contributed by atoms with Gasteiger partial charge in [0.25, 0.3) is 0 Å². The number of fused-ring (bicyclic) bond motifs is 1. The lowest BCUT2D eigenvalue weighted by Crippen LogP contribution is -1.92. The van der Waals surface area contributed by atoms with E-state index in [4.69, 9.17) is 0 Å². The van der Waals surface area contributed by atoms with Crippen molar-refractivity contribution in [1.82, 2.24) is 0 Å². The van der Waals surface area contributed by atoms with Crippen LogP contribution in [-0.2, 0) is 12.8 Å². The van der Waals surface area contributed by atoms with Gasteiger partial charge in [-0.15, -0.1) is 0 Å². The first-order valence-corrected chi connectivity index (χ1v) is 5.71. The van der Waals surface area contributed by atoms with Gasteiger partial charge in [-0.3, -0.25) is 0 Å². The van der Waals surface area contributed by atoms with Crippen LogP contribution in [-0.4, -0.2) is 10.2 Å². The van der Waals surface area contributed by atoms with Crippen molar-refractivity contribution in [2.24, 2.45) is 0 Å². The van der Waals surface area contributed by atoms with Gasteiger partial charge in [-0.2, -0.15) is 0 Å². The molecule has 76 valence electrons. The molecular weight excluding hydrogens is 244 g/mol. The fourth-order valence-corrected chi connectivity index (χ4v) is 2.66. The van der Waals surface area contributed by atoms with Crippen LogP contribution in [0.2, 0.25) is 0 Å². The molecule has 0 saturated heterocycles. The van der Waals surface area contributed by atoms with E-state index in [0.717, 1.165) is 24.8 Å². The van der Waals surface area contributed by atoms with Gasteiger partial charge in [0, 0.05) is 0 Å². The van der Waals surface area contributed by atoms with Crippen LogP contribution in [0, 0.1) is 0 Å². The highest BCUT2D eigenvalue weighted by Gasteiger charge is 2.16. The standard InChI is InChI=1S/C11H13BrO2/c12-10-8-5-3-1-2-4-7(8)6-9(13)11(10)14/h6,13-14H,1-5H2. The third kappa shape index (κ3) is 1.61. The number of halogens is 1. The predicted octanol–water partition coefficient (Wildman–Crippen LogP) is 3.13. The van der Waals surface area contributed by atoms with E-state index in [9.17, 15) is 10.2 Å². The Balaban J connectivity index is 2.55. The first-order chi connectivity index (χ1) is 6.70. The van der Waals surface area contributed by atoms with Gasteiger partial charge in [-0.05, 0) is 58.8 Å². The minimum Gasteiger partial charge on any atom is -0.504 e. The van der Waals surface area contributed by atoms with Crippen LogP contribution < -0.4 is 0 Å². The lowest BCUT2D eigenvalue weighted by atomic mass is 10.0. The lowest BCUT2D eigenvalue weighted by molar-refractivity contribution is 0.400. The summed E-state index contributed by atoms with van der Waals surface area (Å²) in [5, 5.41) is 19.0. The van der Waals surface area contributed by atoms with Crippen molar-refractivity contribution < 1.29 is 10.2 Å². The number of aromatic hydroxyl groups is 2. The van der Waals surface area contributed by atoms with Gasteiger partial charge >= 0.3 is 0 Å². The van der Waals surface area contributed by atoms with Crippen molar-refractivity contribution in [3.63, 3.8) is 0 Å². The van der Waals surface area contributed by atoms with Gasteiger partial charge in [-0.25, -0.2) is 0 Å². The van der Waals surface area contributed by atoms with Crippen molar-refractivity contribution in [3.8, 4) is 11.5 Å². The third-order valence-electron chi connectivity index (χ3n) is 2.79. The number of phenolic OH excluding ortho intramolecular Hbond substituents is 2. The predicted molar refractivity (Wildman–Crippen MR) is 58.7 cm³/mol. The Hall–Kier alpha value is -0.700. The van der Waals surface area contributed by atoms with Crippen molar-refractivity contribution in [2.45, 2.75) is 32.1 Å². The molecule has 2 rings (SSSR count). The van der Waals surface area contributed by atoms with E-state index < -0.39 is 0 Å². The Morgan fingerprint density at radius 1 is 1.07 bits per heavy atom. The van der Waals surface area contributed by atoms with Gasteiger partial charge in [-0.1, -0.05) is 6.42 Å². The van der Waals surface area contributed by atoms with Gasteiger partial charge in [0.2, 0.25) is 0 Å². The van der Waals surface area contributed by atoms with Crippen molar-refractivity contribution in [1.29, 1.82) is 0 Å². The van der Waals surface area contributed by atoms with Crippen LogP contribution >= 0.6 is 15.9 Å². The lowest BCUT2D eigenvalue weighted by Gasteiger charge is -2.11. The minimum absolute atomic E-state index is 0.0162. The average Bonchev–Trinajstić information content (AvgIpc) is 2.39. The number of hydrogen-bond acceptors (Lipinski definition) is 2.